The maximum atomic E-state index is 13.5. The molecule has 0 aliphatic rings. The average Bonchev–Trinajstić information content (AvgIpc) is 2.68. The number of benzene rings is 3. The highest BCUT2D eigenvalue weighted by molar-refractivity contribution is 5.96. The lowest BCUT2D eigenvalue weighted by atomic mass is 10.2. The van der Waals surface area contributed by atoms with E-state index >= 15 is 0 Å². The lowest BCUT2D eigenvalue weighted by molar-refractivity contribution is 0.473. The molecule has 0 aliphatic heterocycles. The van der Waals surface area contributed by atoms with Gasteiger partial charge in [0.15, 0.2) is 0 Å². The smallest absolute Gasteiger partial charge is 0.225 e. The zero-order valence-electron chi connectivity index (χ0n) is 16.1. The molecule has 0 aromatic heterocycles. The molecule has 0 spiro atoms. The largest absolute Gasteiger partial charge is 0.465 e. The normalized spacial score (nSPS) is 12.0. The Kier molecular flexibility index (Phi) is 6.22. The summed E-state index contributed by atoms with van der Waals surface area (Å²) in [7, 11) is 0. The Labute approximate surface area is 164 Å². The third-order valence-corrected chi connectivity index (χ3v) is 4.01. The Morgan fingerprint density at radius 3 is 2.14 bits per heavy atom. The molecule has 142 valence electrons. The minimum atomic E-state index is -0.371. The van der Waals surface area contributed by atoms with Crippen LogP contribution in [-0.4, -0.2) is 5.90 Å². The molecule has 0 atom stereocenters. The molecule has 3 aromatic rings. The predicted molar refractivity (Wildman–Crippen MR) is 111 cm³/mol. The molecule has 0 amide bonds. The molecule has 0 heterocycles. The summed E-state index contributed by atoms with van der Waals surface area (Å²) < 4.78 is 25.1. The van der Waals surface area contributed by atoms with Crippen LogP contribution in [0, 0.1) is 19.7 Å². The minimum absolute atomic E-state index is 0.335. The zero-order chi connectivity index (χ0) is 19.9. The summed E-state index contributed by atoms with van der Waals surface area (Å²) in [6.07, 6.45) is 1.58. The van der Waals surface area contributed by atoms with E-state index in [0.717, 1.165) is 16.8 Å². The van der Waals surface area contributed by atoms with Crippen molar-refractivity contribution in [1.29, 1.82) is 0 Å². The van der Waals surface area contributed by atoms with Gasteiger partial charge in [0.05, 0.1) is 11.9 Å². The standard InChI is InChI=1S/C24H22FNO2/c1-17-7-11-21(12-8-17)26-24(28-23-6-4-5-20(25)15-23)19(3)16-27-22-13-9-18(2)10-14-22/h4-16H,1-3H3/b19-16+,26-24?. The van der Waals surface area contributed by atoms with E-state index in [9.17, 15) is 4.39 Å². The SMILES string of the molecule is C/C(=C\Oc1ccc(C)cc1)C(=Nc1ccc(C)cc1)Oc1cccc(F)c1. The summed E-state index contributed by atoms with van der Waals surface area (Å²) in [5.74, 6) is 1.05. The number of nitrogens with zero attached hydrogens (tertiary/aromatic N) is 1. The van der Waals surface area contributed by atoms with Crippen molar-refractivity contribution in [2.45, 2.75) is 20.8 Å². The van der Waals surface area contributed by atoms with Crippen molar-refractivity contribution in [1.82, 2.24) is 0 Å². The fraction of sp³-hybridized carbons (Fsp3) is 0.125. The molecular weight excluding hydrogens is 353 g/mol. The second-order valence-electron chi connectivity index (χ2n) is 6.54. The van der Waals surface area contributed by atoms with Crippen LogP contribution in [0.3, 0.4) is 0 Å². The van der Waals surface area contributed by atoms with Gasteiger partial charge in [-0.25, -0.2) is 9.38 Å². The van der Waals surface area contributed by atoms with Gasteiger partial charge in [0, 0.05) is 11.6 Å². The van der Waals surface area contributed by atoms with Crippen molar-refractivity contribution in [3.63, 3.8) is 0 Å². The topological polar surface area (TPSA) is 30.8 Å². The van der Waals surface area contributed by atoms with Gasteiger partial charge in [-0.3, -0.25) is 0 Å². The molecule has 0 bridgehead atoms. The summed E-state index contributed by atoms with van der Waals surface area (Å²) in [4.78, 5) is 4.57. The Hall–Kier alpha value is -3.40. The summed E-state index contributed by atoms with van der Waals surface area (Å²) >= 11 is 0. The van der Waals surface area contributed by atoms with Crippen LogP contribution in [0.15, 0.2) is 89.6 Å². The lowest BCUT2D eigenvalue weighted by Gasteiger charge is -2.10. The molecule has 0 fully saturated rings. The molecule has 0 saturated heterocycles. The molecule has 3 nitrogen and oxygen atoms in total. The predicted octanol–water partition coefficient (Wildman–Crippen LogP) is 6.53. The van der Waals surface area contributed by atoms with Gasteiger partial charge in [-0.05, 0) is 57.2 Å². The molecule has 28 heavy (non-hydrogen) atoms. The molecule has 3 aromatic carbocycles. The zero-order valence-corrected chi connectivity index (χ0v) is 16.1. The van der Waals surface area contributed by atoms with Crippen molar-refractivity contribution in [2.24, 2.45) is 4.99 Å². The minimum Gasteiger partial charge on any atom is -0.465 e. The Morgan fingerprint density at radius 1 is 0.857 bits per heavy atom. The molecule has 0 saturated carbocycles. The first kappa shape index (κ1) is 19.4. The fourth-order valence-electron chi connectivity index (χ4n) is 2.39. The van der Waals surface area contributed by atoms with Gasteiger partial charge < -0.3 is 9.47 Å². The first-order valence-corrected chi connectivity index (χ1v) is 8.99. The summed E-state index contributed by atoms with van der Waals surface area (Å²) in [6.45, 7) is 5.86. The van der Waals surface area contributed by atoms with E-state index in [4.69, 9.17) is 9.47 Å². The lowest BCUT2D eigenvalue weighted by Crippen LogP contribution is -2.11. The number of aryl methyl sites for hydroxylation is 2. The highest BCUT2D eigenvalue weighted by atomic mass is 19.1. The highest BCUT2D eigenvalue weighted by Crippen LogP contribution is 2.20. The number of aliphatic imine (C=N–C) groups is 1. The first-order chi connectivity index (χ1) is 13.5. The summed E-state index contributed by atoms with van der Waals surface area (Å²) in [5.41, 5.74) is 3.70. The van der Waals surface area contributed by atoms with E-state index in [1.54, 1.807) is 18.4 Å². The average molecular weight is 375 g/mol. The second kappa shape index (κ2) is 9.00. The van der Waals surface area contributed by atoms with Crippen LogP contribution in [-0.2, 0) is 0 Å². The van der Waals surface area contributed by atoms with Crippen LogP contribution in [0.1, 0.15) is 18.1 Å². The van der Waals surface area contributed by atoms with Crippen molar-refractivity contribution < 1.29 is 13.9 Å². The van der Waals surface area contributed by atoms with Gasteiger partial charge in [0.2, 0.25) is 5.90 Å². The highest BCUT2D eigenvalue weighted by Gasteiger charge is 2.09. The van der Waals surface area contributed by atoms with Crippen LogP contribution in [0.4, 0.5) is 10.1 Å². The molecule has 0 unspecified atom stereocenters. The van der Waals surface area contributed by atoms with Crippen molar-refractivity contribution >= 4 is 11.6 Å². The van der Waals surface area contributed by atoms with Crippen molar-refractivity contribution in [3.8, 4) is 11.5 Å². The van der Waals surface area contributed by atoms with E-state index < -0.39 is 0 Å². The summed E-state index contributed by atoms with van der Waals surface area (Å²) in [5, 5.41) is 0. The van der Waals surface area contributed by atoms with Crippen LogP contribution in [0.5, 0.6) is 11.5 Å². The molecule has 0 N–H and O–H groups in total. The first-order valence-electron chi connectivity index (χ1n) is 8.99. The summed E-state index contributed by atoms with van der Waals surface area (Å²) in [6, 6.07) is 21.4. The Balaban J connectivity index is 1.88. The van der Waals surface area contributed by atoms with Gasteiger partial charge in [-0.2, -0.15) is 0 Å². The molecule has 3 rings (SSSR count). The van der Waals surface area contributed by atoms with E-state index in [-0.39, 0.29) is 5.82 Å². The van der Waals surface area contributed by atoms with Crippen LogP contribution in [0.25, 0.3) is 0 Å². The number of ether oxygens (including phenoxy) is 2. The molecule has 4 heteroatoms. The molecule has 0 aliphatic carbocycles. The van der Waals surface area contributed by atoms with Crippen LogP contribution < -0.4 is 9.47 Å². The third kappa shape index (κ3) is 5.55. The van der Waals surface area contributed by atoms with Crippen molar-refractivity contribution in [3.05, 3.63) is 102 Å². The number of halogens is 1. The Morgan fingerprint density at radius 2 is 1.50 bits per heavy atom. The maximum absolute atomic E-state index is 13.5. The van der Waals surface area contributed by atoms with E-state index in [1.165, 1.54) is 12.1 Å². The van der Waals surface area contributed by atoms with Crippen LogP contribution >= 0.6 is 0 Å². The molecular formula is C24H22FNO2. The van der Waals surface area contributed by atoms with E-state index in [2.05, 4.69) is 4.99 Å². The van der Waals surface area contributed by atoms with E-state index in [1.807, 2.05) is 69.3 Å². The molecule has 0 radical (unpaired) electrons. The number of rotatable bonds is 5. The monoisotopic (exact) mass is 375 g/mol. The van der Waals surface area contributed by atoms with Gasteiger partial charge in [-0.1, -0.05) is 41.5 Å². The van der Waals surface area contributed by atoms with Gasteiger partial charge in [-0.15, -0.1) is 0 Å². The van der Waals surface area contributed by atoms with Gasteiger partial charge in [0.25, 0.3) is 0 Å². The van der Waals surface area contributed by atoms with Crippen LogP contribution in [0.2, 0.25) is 0 Å². The fourth-order valence-corrected chi connectivity index (χ4v) is 2.39. The number of hydrogen-bond donors (Lipinski definition) is 0. The third-order valence-electron chi connectivity index (χ3n) is 4.01. The van der Waals surface area contributed by atoms with Gasteiger partial charge >= 0.3 is 0 Å². The van der Waals surface area contributed by atoms with Gasteiger partial charge in [0.1, 0.15) is 17.3 Å². The van der Waals surface area contributed by atoms with Crippen molar-refractivity contribution in [2.75, 3.05) is 0 Å². The quantitative estimate of drug-likeness (QED) is 0.288. The van der Waals surface area contributed by atoms with E-state index in [0.29, 0.717) is 23.0 Å². The Bertz CT molecular complexity index is 990. The number of hydrogen-bond acceptors (Lipinski definition) is 3. The second-order valence-corrected chi connectivity index (χ2v) is 6.54. The maximum Gasteiger partial charge on any atom is 0.225 e.